The number of hydrogen-bond acceptors (Lipinski definition) is 3. The molecule has 0 radical (unpaired) electrons. The third-order valence-corrected chi connectivity index (χ3v) is 2.98. The van der Waals surface area contributed by atoms with Gasteiger partial charge in [0.05, 0.1) is 0 Å². The second kappa shape index (κ2) is 5.54. The number of rotatable bonds is 3. The van der Waals surface area contributed by atoms with Crippen LogP contribution in [0.25, 0.3) is 0 Å². The van der Waals surface area contributed by atoms with Gasteiger partial charge in [-0.15, -0.1) is 0 Å². The van der Waals surface area contributed by atoms with Crippen LogP contribution in [0.5, 0.6) is 0 Å². The Morgan fingerprint density at radius 1 is 1.00 bits per heavy atom. The summed E-state index contributed by atoms with van der Waals surface area (Å²) in [5, 5.41) is 3.54. The van der Waals surface area contributed by atoms with Crippen LogP contribution in [0.3, 0.4) is 0 Å². The average molecular weight is 289 g/mol. The molecule has 1 heterocycles. The molecular formula is C11H8Cl3N3. The van der Waals surface area contributed by atoms with Crippen molar-refractivity contribution in [2.45, 2.75) is 6.54 Å². The van der Waals surface area contributed by atoms with E-state index in [-0.39, 0.29) is 15.5 Å². The van der Waals surface area contributed by atoms with E-state index in [4.69, 9.17) is 34.8 Å². The van der Waals surface area contributed by atoms with Gasteiger partial charge in [-0.3, -0.25) is 0 Å². The van der Waals surface area contributed by atoms with Crippen LogP contribution in [-0.2, 0) is 6.54 Å². The lowest BCUT2D eigenvalue weighted by molar-refractivity contribution is 1.08. The topological polar surface area (TPSA) is 37.8 Å². The molecule has 0 spiro atoms. The van der Waals surface area contributed by atoms with Crippen LogP contribution < -0.4 is 5.32 Å². The summed E-state index contributed by atoms with van der Waals surface area (Å²) in [5.41, 5.74) is 1.11. The largest absolute Gasteiger partial charge is 0.365 e. The van der Waals surface area contributed by atoms with Gasteiger partial charge in [0.15, 0.2) is 11.0 Å². The summed E-state index contributed by atoms with van der Waals surface area (Å²) in [6.45, 7) is 0.588. The zero-order chi connectivity index (χ0) is 12.3. The zero-order valence-corrected chi connectivity index (χ0v) is 10.9. The van der Waals surface area contributed by atoms with Crippen LogP contribution in [0.2, 0.25) is 15.5 Å². The summed E-state index contributed by atoms with van der Waals surface area (Å²) in [6.07, 6.45) is 0. The number of anilines is 1. The minimum Gasteiger partial charge on any atom is -0.365 e. The Hall–Kier alpha value is -1.03. The summed E-state index contributed by atoms with van der Waals surface area (Å²) in [7, 11) is 0. The average Bonchev–Trinajstić information content (AvgIpc) is 2.33. The fraction of sp³-hybridized carbons (Fsp3) is 0.0909. The quantitative estimate of drug-likeness (QED) is 0.684. The van der Waals surface area contributed by atoms with Gasteiger partial charge in [0, 0.05) is 6.54 Å². The molecular weight excluding hydrogens is 281 g/mol. The van der Waals surface area contributed by atoms with Gasteiger partial charge in [-0.1, -0.05) is 53.5 Å². The van der Waals surface area contributed by atoms with Gasteiger partial charge in [0.25, 0.3) is 0 Å². The van der Waals surface area contributed by atoms with Crippen molar-refractivity contribution < 1.29 is 0 Å². The number of benzene rings is 1. The fourth-order valence-electron chi connectivity index (χ4n) is 1.29. The van der Waals surface area contributed by atoms with Gasteiger partial charge < -0.3 is 5.32 Å². The Balaban J connectivity index is 2.14. The second-order valence-corrected chi connectivity index (χ2v) is 4.36. The molecule has 0 saturated carbocycles. The molecule has 0 aliphatic carbocycles. The highest BCUT2D eigenvalue weighted by molar-refractivity contribution is 6.43. The molecule has 0 amide bonds. The van der Waals surface area contributed by atoms with E-state index in [1.807, 2.05) is 30.3 Å². The number of nitrogens with one attached hydrogen (secondary N) is 1. The van der Waals surface area contributed by atoms with Crippen molar-refractivity contribution in [3.05, 3.63) is 51.4 Å². The SMILES string of the molecule is Clc1nc(Cl)c(Cl)c(NCc2ccccc2)n1. The molecule has 0 saturated heterocycles. The van der Waals surface area contributed by atoms with Gasteiger partial charge >= 0.3 is 0 Å². The van der Waals surface area contributed by atoms with E-state index in [0.29, 0.717) is 12.4 Å². The first kappa shape index (κ1) is 12.4. The van der Waals surface area contributed by atoms with Crippen LogP contribution in [0, 0.1) is 0 Å². The molecule has 1 aromatic heterocycles. The van der Waals surface area contributed by atoms with E-state index in [1.54, 1.807) is 0 Å². The summed E-state index contributed by atoms with van der Waals surface area (Å²) >= 11 is 17.4. The maximum absolute atomic E-state index is 5.95. The van der Waals surface area contributed by atoms with Crippen molar-refractivity contribution in [2.75, 3.05) is 5.32 Å². The third-order valence-electron chi connectivity index (χ3n) is 2.09. The van der Waals surface area contributed by atoms with E-state index in [0.717, 1.165) is 5.56 Å². The molecule has 0 atom stereocenters. The molecule has 1 N–H and O–H groups in total. The Bertz CT molecular complexity index is 517. The minimum absolute atomic E-state index is 0.0648. The zero-order valence-electron chi connectivity index (χ0n) is 8.62. The standard InChI is InChI=1S/C11H8Cl3N3/c12-8-9(13)16-11(14)17-10(8)15-6-7-4-2-1-3-5-7/h1-5H,6H2,(H,15,16,17). The van der Waals surface area contributed by atoms with Crippen molar-refractivity contribution in [2.24, 2.45) is 0 Å². The molecule has 88 valence electrons. The van der Waals surface area contributed by atoms with Gasteiger partial charge in [-0.2, -0.15) is 4.98 Å². The monoisotopic (exact) mass is 287 g/mol. The molecule has 3 nitrogen and oxygen atoms in total. The van der Waals surface area contributed by atoms with E-state index in [2.05, 4.69) is 15.3 Å². The Labute approximate surface area is 114 Å². The maximum Gasteiger partial charge on any atom is 0.225 e. The number of halogens is 3. The van der Waals surface area contributed by atoms with E-state index in [1.165, 1.54) is 0 Å². The van der Waals surface area contributed by atoms with Crippen LogP contribution >= 0.6 is 34.8 Å². The van der Waals surface area contributed by atoms with Crippen molar-refractivity contribution in [1.29, 1.82) is 0 Å². The highest BCUT2D eigenvalue weighted by atomic mass is 35.5. The molecule has 2 rings (SSSR count). The molecule has 17 heavy (non-hydrogen) atoms. The number of nitrogens with zero attached hydrogens (tertiary/aromatic N) is 2. The molecule has 1 aromatic carbocycles. The molecule has 2 aromatic rings. The van der Waals surface area contributed by atoms with Crippen molar-refractivity contribution in [3.8, 4) is 0 Å². The normalized spacial score (nSPS) is 10.3. The molecule has 0 aliphatic rings. The van der Waals surface area contributed by atoms with Crippen LogP contribution in [0.1, 0.15) is 5.56 Å². The number of aromatic nitrogens is 2. The molecule has 6 heteroatoms. The highest BCUT2D eigenvalue weighted by Crippen LogP contribution is 2.28. The van der Waals surface area contributed by atoms with Gasteiger partial charge in [0.2, 0.25) is 5.28 Å². The lowest BCUT2D eigenvalue weighted by Gasteiger charge is -2.08. The lowest BCUT2D eigenvalue weighted by Crippen LogP contribution is -2.03. The van der Waals surface area contributed by atoms with Crippen molar-refractivity contribution in [1.82, 2.24) is 9.97 Å². The first-order valence-electron chi connectivity index (χ1n) is 4.83. The summed E-state index contributed by atoms with van der Waals surface area (Å²) < 4.78 is 0. The third kappa shape index (κ3) is 3.22. The maximum atomic E-state index is 5.95. The Kier molecular flexibility index (Phi) is 4.05. The summed E-state index contributed by atoms with van der Waals surface area (Å²) in [5.74, 6) is 0.431. The smallest absolute Gasteiger partial charge is 0.225 e. The van der Waals surface area contributed by atoms with Gasteiger partial charge in [-0.05, 0) is 17.2 Å². The predicted octanol–water partition coefficient (Wildman–Crippen LogP) is 4.05. The van der Waals surface area contributed by atoms with Crippen LogP contribution in [-0.4, -0.2) is 9.97 Å². The molecule has 0 aliphatic heterocycles. The lowest BCUT2D eigenvalue weighted by atomic mass is 10.2. The minimum atomic E-state index is 0.0648. The van der Waals surface area contributed by atoms with Gasteiger partial charge in [-0.25, -0.2) is 4.98 Å². The van der Waals surface area contributed by atoms with Crippen molar-refractivity contribution in [3.63, 3.8) is 0 Å². The predicted molar refractivity (Wildman–Crippen MR) is 70.8 cm³/mol. The highest BCUT2D eigenvalue weighted by Gasteiger charge is 2.09. The van der Waals surface area contributed by atoms with Gasteiger partial charge in [0.1, 0.15) is 5.02 Å². The first-order valence-corrected chi connectivity index (χ1v) is 5.96. The Morgan fingerprint density at radius 2 is 1.71 bits per heavy atom. The molecule has 0 unspecified atom stereocenters. The Morgan fingerprint density at radius 3 is 2.41 bits per heavy atom. The van der Waals surface area contributed by atoms with Crippen molar-refractivity contribution >= 4 is 40.6 Å². The van der Waals surface area contributed by atoms with Crippen LogP contribution in [0.4, 0.5) is 5.82 Å². The van der Waals surface area contributed by atoms with E-state index in [9.17, 15) is 0 Å². The van der Waals surface area contributed by atoms with Crippen LogP contribution in [0.15, 0.2) is 30.3 Å². The fourth-order valence-corrected chi connectivity index (χ4v) is 1.83. The molecule has 0 fully saturated rings. The number of hydrogen-bond donors (Lipinski definition) is 1. The van der Waals surface area contributed by atoms with E-state index >= 15 is 0 Å². The van der Waals surface area contributed by atoms with E-state index < -0.39 is 0 Å². The summed E-state index contributed by atoms with van der Waals surface area (Å²) in [6, 6.07) is 9.85. The molecule has 0 bridgehead atoms. The first-order chi connectivity index (χ1) is 8.16. The summed E-state index contributed by atoms with van der Waals surface area (Å²) in [4.78, 5) is 7.71. The second-order valence-electron chi connectivity index (χ2n) is 3.29.